The molecule has 1 heterocycles. The van der Waals surface area contributed by atoms with Crippen molar-refractivity contribution in [1.29, 1.82) is 0 Å². The minimum atomic E-state index is -0.528. The number of carbonyl (C=O) groups excluding carboxylic acids is 1. The Bertz CT molecular complexity index is 486. The van der Waals surface area contributed by atoms with E-state index in [-0.39, 0.29) is 28.3 Å². The van der Waals surface area contributed by atoms with E-state index in [2.05, 4.69) is 10.6 Å². The van der Waals surface area contributed by atoms with E-state index in [1.54, 1.807) is 0 Å². The highest BCUT2D eigenvalue weighted by molar-refractivity contribution is 6.33. The lowest BCUT2D eigenvalue weighted by atomic mass is 10.2. The largest absolute Gasteiger partial charge is 0.323 e. The number of hydrogen-bond acceptors (Lipinski definition) is 4. The van der Waals surface area contributed by atoms with Gasteiger partial charge in [-0.15, -0.1) is 0 Å². The van der Waals surface area contributed by atoms with Gasteiger partial charge in [0.15, 0.2) is 0 Å². The summed E-state index contributed by atoms with van der Waals surface area (Å²) >= 11 is 5.89. The highest BCUT2D eigenvalue weighted by Crippen LogP contribution is 2.27. The number of halogens is 1. The summed E-state index contributed by atoms with van der Waals surface area (Å²) in [5.41, 5.74) is 0.165. The predicted octanol–water partition coefficient (Wildman–Crippen LogP) is 1.94. The van der Waals surface area contributed by atoms with Gasteiger partial charge in [0.1, 0.15) is 0 Å². The summed E-state index contributed by atoms with van der Waals surface area (Å²) in [4.78, 5) is 22.0. The summed E-state index contributed by atoms with van der Waals surface area (Å²) in [6, 6.07) is 3.71. The number of nitrogens with one attached hydrogen (secondary N) is 2. The molecule has 0 aliphatic carbocycles. The van der Waals surface area contributed by atoms with E-state index in [1.807, 2.05) is 0 Å². The first-order valence-corrected chi connectivity index (χ1v) is 5.94. The Kier molecular flexibility index (Phi) is 3.78. The lowest BCUT2D eigenvalue weighted by Crippen LogP contribution is -2.35. The van der Waals surface area contributed by atoms with Gasteiger partial charge in [-0.3, -0.25) is 14.9 Å². The zero-order valence-electron chi connectivity index (χ0n) is 9.48. The summed E-state index contributed by atoms with van der Waals surface area (Å²) < 4.78 is 0. The molecule has 1 atom stereocenters. The van der Waals surface area contributed by atoms with Gasteiger partial charge in [0.2, 0.25) is 5.91 Å². The summed E-state index contributed by atoms with van der Waals surface area (Å²) in [6.07, 6.45) is 1.71. The number of nitro benzene ring substituents is 1. The Balaban J connectivity index is 2.14. The molecule has 1 aliphatic rings. The van der Waals surface area contributed by atoms with E-state index in [1.165, 1.54) is 18.2 Å². The van der Waals surface area contributed by atoms with Gasteiger partial charge in [-0.05, 0) is 25.5 Å². The first kappa shape index (κ1) is 12.8. The lowest BCUT2D eigenvalue weighted by Gasteiger charge is -2.11. The normalized spacial score (nSPS) is 18.6. The third-order valence-corrected chi connectivity index (χ3v) is 3.13. The van der Waals surface area contributed by atoms with Gasteiger partial charge < -0.3 is 10.6 Å². The Morgan fingerprint density at radius 2 is 2.33 bits per heavy atom. The van der Waals surface area contributed by atoms with Crippen LogP contribution in [-0.4, -0.2) is 23.4 Å². The van der Waals surface area contributed by atoms with Gasteiger partial charge in [0.25, 0.3) is 5.69 Å². The number of amides is 1. The fourth-order valence-electron chi connectivity index (χ4n) is 1.85. The number of nitrogens with zero attached hydrogens (tertiary/aromatic N) is 1. The molecule has 0 saturated carbocycles. The van der Waals surface area contributed by atoms with E-state index >= 15 is 0 Å². The molecule has 96 valence electrons. The van der Waals surface area contributed by atoms with E-state index in [4.69, 9.17) is 11.6 Å². The molecule has 0 radical (unpaired) electrons. The smallest absolute Gasteiger partial charge is 0.271 e. The van der Waals surface area contributed by atoms with Crippen molar-refractivity contribution in [1.82, 2.24) is 5.32 Å². The second-order valence-corrected chi connectivity index (χ2v) is 4.47. The Hall–Kier alpha value is -1.66. The molecule has 7 heteroatoms. The molecule has 1 fully saturated rings. The molecule has 0 spiro atoms. The zero-order valence-corrected chi connectivity index (χ0v) is 10.2. The van der Waals surface area contributed by atoms with Crippen molar-refractivity contribution in [3.05, 3.63) is 33.3 Å². The lowest BCUT2D eigenvalue weighted by molar-refractivity contribution is -0.384. The highest BCUT2D eigenvalue weighted by Gasteiger charge is 2.23. The third kappa shape index (κ3) is 2.77. The molecule has 1 aliphatic heterocycles. The van der Waals surface area contributed by atoms with E-state index in [0.29, 0.717) is 0 Å². The van der Waals surface area contributed by atoms with E-state index < -0.39 is 4.92 Å². The van der Waals surface area contributed by atoms with Crippen molar-refractivity contribution in [2.45, 2.75) is 18.9 Å². The van der Waals surface area contributed by atoms with Gasteiger partial charge >= 0.3 is 0 Å². The van der Waals surface area contributed by atoms with E-state index in [0.717, 1.165) is 19.4 Å². The fraction of sp³-hybridized carbons (Fsp3) is 0.364. The molecule has 2 rings (SSSR count). The Morgan fingerprint density at radius 3 is 2.94 bits per heavy atom. The molecule has 6 nitrogen and oxygen atoms in total. The standard InChI is InChI=1S/C11H12ClN3O3/c12-8-4-3-7(15(17)18)6-10(8)14-11(16)9-2-1-5-13-9/h3-4,6,9,13H,1-2,5H2,(H,14,16). The number of anilines is 1. The maximum absolute atomic E-state index is 11.8. The van der Waals surface area contributed by atoms with Crippen LogP contribution < -0.4 is 10.6 Å². The van der Waals surface area contributed by atoms with Crippen LogP contribution in [0.1, 0.15) is 12.8 Å². The van der Waals surface area contributed by atoms with Crippen LogP contribution in [0, 0.1) is 10.1 Å². The quantitative estimate of drug-likeness (QED) is 0.649. The average Bonchev–Trinajstić information content (AvgIpc) is 2.85. The maximum atomic E-state index is 11.8. The summed E-state index contributed by atoms with van der Waals surface area (Å²) in [5, 5.41) is 16.6. The SMILES string of the molecule is O=C(Nc1cc([N+](=O)[O-])ccc1Cl)C1CCCN1. The van der Waals surface area contributed by atoms with Gasteiger partial charge in [-0.25, -0.2) is 0 Å². The minimum Gasteiger partial charge on any atom is -0.323 e. The first-order valence-electron chi connectivity index (χ1n) is 5.56. The van der Waals surface area contributed by atoms with Crippen molar-refractivity contribution in [2.75, 3.05) is 11.9 Å². The predicted molar refractivity (Wildman–Crippen MR) is 67.8 cm³/mol. The molecule has 1 amide bonds. The van der Waals surface area contributed by atoms with Crippen LogP contribution in [0.25, 0.3) is 0 Å². The van der Waals surface area contributed by atoms with Crippen LogP contribution in [0.3, 0.4) is 0 Å². The molecule has 2 N–H and O–H groups in total. The number of hydrogen-bond donors (Lipinski definition) is 2. The monoisotopic (exact) mass is 269 g/mol. The summed E-state index contributed by atoms with van der Waals surface area (Å²) in [5.74, 6) is -0.213. The van der Waals surface area contributed by atoms with E-state index in [9.17, 15) is 14.9 Å². The zero-order chi connectivity index (χ0) is 13.1. The molecular weight excluding hydrogens is 258 g/mol. The average molecular weight is 270 g/mol. The van der Waals surface area contributed by atoms with Gasteiger partial charge in [-0.2, -0.15) is 0 Å². The van der Waals surface area contributed by atoms with Crippen LogP contribution in [0.5, 0.6) is 0 Å². The molecular formula is C11H12ClN3O3. The van der Waals surface area contributed by atoms with Crippen LogP contribution >= 0.6 is 11.6 Å². The van der Waals surface area contributed by atoms with Gasteiger partial charge in [-0.1, -0.05) is 11.6 Å². The highest BCUT2D eigenvalue weighted by atomic mass is 35.5. The molecule has 1 unspecified atom stereocenters. The van der Waals surface area contributed by atoms with Crippen LogP contribution in [0.15, 0.2) is 18.2 Å². The van der Waals surface area contributed by atoms with Crippen molar-refractivity contribution in [3.63, 3.8) is 0 Å². The second kappa shape index (κ2) is 5.32. The first-order chi connectivity index (χ1) is 8.58. The Morgan fingerprint density at radius 1 is 1.56 bits per heavy atom. The number of rotatable bonds is 3. The van der Waals surface area contributed by atoms with Crippen LogP contribution in [0.4, 0.5) is 11.4 Å². The van der Waals surface area contributed by atoms with Gasteiger partial charge in [0.05, 0.1) is 21.7 Å². The van der Waals surface area contributed by atoms with Crippen molar-refractivity contribution < 1.29 is 9.72 Å². The molecule has 1 aromatic rings. The summed E-state index contributed by atoms with van der Waals surface area (Å²) in [6.45, 7) is 0.806. The van der Waals surface area contributed by atoms with Crippen molar-refractivity contribution in [3.8, 4) is 0 Å². The fourth-order valence-corrected chi connectivity index (χ4v) is 2.02. The molecule has 1 aromatic carbocycles. The molecule has 18 heavy (non-hydrogen) atoms. The third-order valence-electron chi connectivity index (χ3n) is 2.80. The molecule has 1 saturated heterocycles. The second-order valence-electron chi connectivity index (χ2n) is 4.06. The number of carbonyl (C=O) groups is 1. The Labute approximate surface area is 108 Å². The van der Waals surface area contributed by atoms with Crippen LogP contribution in [-0.2, 0) is 4.79 Å². The maximum Gasteiger partial charge on any atom is 0.271 e. The number of non-ortho nitro benzene ring substituents is 1. The van der Waals surface area contributed by atoms with Crippen molar-refractivity contribution >= 4 is 28.9 Å². The molecule has 0 bridgehead atoms. The summed E-state index contributed by atoms with van der Waals surface area (Å²) in [7, 11) is 0. The van der Waals surface area contributed by atoms with Gasteiger partial charge in [0, 0.05) is 12.1 Å². The minimum absolute atomic E-state index is 0.103. The van der Waals surface area contributed by atoms with Crippen LogP contribution in [0.2, 0.25) is 5.02 Å². The van der Waals surface area contributed by atoms with Crippen molar-refractivity contribution in [2.24, 2.45) is 0 Å². The number of benzene rings is 1. The number of nitro groups is 1. The molecule has 0 aromatic heterocycles. The topological polar surface area (TPSA) is 84.3 Å².